The third kappa shape index (κ3) is 7.97. The van der Waals surface area contributed by atoms with Gasteiger partial charge >= 0.3 is 0 Å². The van der Waals surface area contributed by atoms with E-state index in [0.717, 1.165) is 45.2 Å². The number of rotatable bonds is 9. The molecule has 0 saturated heterocycles. The lowest BCUT2D eigenvalue weighted by Gasteiger charge is -2.30. The van der Waals surface area contributed by atoms with E-state index in [1.165, 1.54) is 25.7 Å². The third-order valence-corrected chi connectivity index (χ3v) is 4.68. The zero-order valence-electron chi connectivity index (χ0n) is 14.8. The molecular weight excluding hydrogens is 391 g/mol. The maximum Gasteiger partial charge on any atom is 0.191 e. The molecule has 1 saturated carbocycles. The second kappa shape index (κ2) is 12.4. The fourth-order valence-electron chi connectivity index (χ4n) is 2.97. The highest BCUT2D eigenvalue weighted by atomic mass is 127. The quantitative estimate of drug-likeness (QED) is 0.338. The number of guanidine groups is 1. The van der Waals surface area contributed by atoms with Crippen molar-refractivity contribution in [2.24, 2.45) is 10.4 Å². The minimum Gasteiger partial charge on any atom is -0.385 e. The molecule has 132 valence electrons. The molecule has 0 aromatic heterocycles. The topological polar surface area (TPSA) is 48.9 Å². The number of ether oxygens (including phenoxy) is 1. The monoisotopic (exact) mass is 426 g/mol. The van der Waals surface area contributed by atoms with Crippen LogP contribution in [0.1, 0.15) is 39.0 Å². The highest BCUT2D eigenvalue weighted by molar-refractivity contribution is 14.0. The summed E-state index contributed by atoms with van der Waals surface area (Å²) in [7, 11) is 5.77. The number of nitrogens with zero attached hydrogens (tertiary/aromatic N) is 2. The molecule has 0 amide bonds. The summed E-state index contributed by atoms with van der Waals surface area (Å²) in [5.41, 5.74) is 0.397. The van der Waals surface area contributed by atoms with Crippen molar-refractivity contribution in [2.45, 2.75) is 39.0 Å². The lowest BCUT2D eigenvalue weighted by atomic mass is 9.83. The second-order valence-corrected chi connectivity index (χ2v) is 6.20. The molecule has 2 N–H and O–H groups in total. The van der Waals surface area contributed by atoms with Crippen molar-refractivity contribution in [3.05, 3.63) is 0 Å². The highest BCUT2D eigenvalue weighted by Gasteiger charge is 2.33. The maximum absolute atomic E-state index is 5.29. The van der Waals surface area contributed by atoms with Gasteiger partial charge in [0.2, 0.25) is 0 Å². The van der Waals surface area contributed by atoms with Gasteiger partial charge in [-0.05, 0) is 38.3 Å². The van der Waals surface area contributed by atoms with Crippen molar-refractivity contribution >= 4 is 29.9 Å². The van der Waals surface area contributed by atoms with Gasteiger partial charge in [0.15, 0.2) is 5.96 Å². The van der Waals surface area contributed by atoms with Gasteiger partial charge in [-0.15, -0.1) is 24.0 Å². The molecule has 0 radical (unpaired) electrons. The third-order valence-electron chi connectivity index (χ3n) is 4.68. The van der Waals surface area contributed by atoms with E-state index in [-0.39, 0.29) is 24.0 Å². The van der Waals surface area contributed by atoms with Gasteiger partial charge in [0.25, 0.3) is 0 Å². The number of hydrogen-bond donors (Lipinski definition) is 2. The zero-order chi connectivity index (χ0) is 15.6. The molecule has 5 nitrogen and oxygen atoms in total. The van der Waals surface area contributed by atoms with Crippen molar-refractivity contribution in [3.8, 4) is 0 Å². The smallest absolute Gasteiger partial charge is 0.191 e. The Hall–Kier alpha value is -0.0800. The molecule has 0 heterocycles. The Morgan fingerprint density at radius 1 is 1.27 bits per heavy atom. The van der Waals surface area contributed by atoms with E-state index in [1.54, 1.807) is 7.11 Å². The van der Waals surface area contributed by atoms with Crippen LogP contribution < -0.4 is 10.6 Å². The van der Waals surface area contributed by atoms with Crippen molar-refractivity contribution < 1.29 is 4.74 Å². The first-order chi connectivity index (χ1) is 10.2. The van der Waals surface area contributed by atoms with Crippen LogP contribution in [0, 0.1) is 5.41 Å². The van der Waals surface area contributed by atoms with Gasteiger partial charge in [-0.3, -0.25) is 4.99 Å². The Balaban J connectivity index is 0.00000441. The Morgan fingerprint density at radius 2 is 1.95 bits per heavy atom. The number of aliphatic imine (C=N–C) groups is 1. The van der Waals surface area contributed by atoms with Crippen molar-refractivity contribution in [2.75, 3.05) is 54.0 Å². The van der Waals surface area contributed by atoms with Crippen LogP contribution in [-0.4, -0.2) is 64.9 Å². The average molecular weight is 426 g/mol. The first-order valence-corrected chi connectivity index (χ1v) is 8.28. The molecule has 0 spiro atoms. The zero-order valence-corrected chi connectivity index (χ0v) is 17.1. The highest BCUT2D eigenvalue weighted by Crippen LogP contribution is 2.40. The van der Waals surface area contributed by atoms with Gasteiger partial charge in [0.05, 0.1) is 0 Å². The average Bonchev–Trinajstić information content (AvgIpc) is 2.97. The van der Waals surface area contributed by atoms with E-state index < -0.39 is 0 Å². The fraction of sp³-hybridized carbons (Fsp3) is 0.938. The van der Waals surface area contributed by atoms with Crippen LogP contribution >= 0.6 is 24.0 Å². The largest absolute Gasteiger partial charge is 0.385 e. The summed E-state index contributed by atoms with van der Waals surface area (Å²) >= 11 is 0. The summed E-state index contributed by atoms with van der Waals surface area (Å²) in [4.78, 5) is 6.62. The molecule has 22 heavy (non-hydrogen) atoms. The van der Waals surface area contributed by atoms with Crippen LogP contribution in [0.25, 0.3) is 0 Å². The summed E-state index contributed by atoms with van der Waals surface area (Å²) in [5, 5.41) is 6.92. The van der Waals surface area contributed by atoms with Crippen LogP contribution in [0.2, 0.25) is 0 Å². The summed E-state index contributed by atoms with van der Waals surface area (Å²) in [6.45, 7) is 7.07. The Kier molecular flexibility index (Phi) is 12.3. The summed E-state index contributed by atoms with van der Waals surface area (Å²) in [6.07, 6.45) is 6.45. The van der Waals surface area contributed by atoms with E-state index in [9.17, 15) is 0 Å². The van der Waals surface area contributed by atoms with E-state index in [0.29, 0.717) is 5.41 Å². The molecule has 6 heteroatoms. The molecule has 1 aliphatic rings. The molecule has 0 aromatic carbocycles. The van der Waals surface area contributed by atoms with Crippen molar-refractivity contribution in [1.82, 2.24) is 15.5 Å². The summed E-state index contributed by atoms with van der Waals surface area (Å²) < 4.78 is 5.29. The van der Waals surface area contributed by atoms with Crippen LogP contribution in [0.5, 0.6) is 0 Å². The van der Waals surface area contributed by atoms with E-state index in [1.807, 2.05) is 7.05 Å². The number of nitrogens with one attached hydrogen (secondary N) is 2. The second-order valence-electron chi connectivity index (χ2n) is 6.20. The van der Waals surface area contributed by atoms with Crippen LogP contribution in [0.4, 0.5) is 0 Å². The molecule has 0 atom stereocenters. The molecular formula is C16H35IN4O. The van der Waals surface area contributed by atoms with Gasteiger partial charge in [-0.25, -0.2) is 0 Å². The molecule has 1 rings (SSSR count). The Bertz CT molecular complexity index is 307. The number of methoxy groups -OCH3 is 1. The van der Waals surface area contributed by atoms with Crippen LogP contribution in [0.3, 0.4) is 0 Å². The number of likely N-dealkylation sites (N-methyl/N-ethyl adjacent to an activating group) is 1. The Morgan fingerprint density at radius 3 is 2.50 bits per heavy atom. The lowest BCUT2D eigenvalue weighted by molar-refractivity contribution is 0.138. The minimum absolute atomic E-state index is 0. The predicted molar refractivity (Wildman–Crippen MR) is 105 cm³/mol. The van der Waals surface area contributed by atoms with Gasteiger partial charge < -0.3 is 20.3 Å². The SMILES string of the molecule is CCN(C)CCNC(=NC)NCC1(CCOC)CCCC1.I. The molecule has 0 aliphatic heterocycles. The van der Waals surface area contributed by atoms with Gasteiger partial charge in [0, 0.05) is 40.4 Å². The van der Waals surface area contributed by atoms with E-state index >= 15 is 0 Å². The van der Waals surface area contributed by atoms with Crippen LogP contribution in [0.15, 0.2) is 4.99 Å². The van der Waals surface area contributed by atoms with E-state index in [2.05, 4.69) is 34.5 Å². The summed E-state index contributed by atoms with van der Waals surface area (Å²) in [6, 6.07) is 0. The van der Waals surface area contributed by atoms with Crippen molar-refractivity contribution in [3.63, 3.8) is 0 Å². The van der Waals surface area contributed by atoms with Gasteiger partial charge in [-0.1, -0.05) is 19.8 Å². The molecule has 0 bridgehead atoms. The molecule has 1 aliphatic carbocycles. The standard InChI is InChI=1S/C16H34N4O.HI/c1-5-20(3)12-11-18-15(17-2)19-14-16(10-13-21-4)8-6-7-9-16;/h5-14H2,1-4H3,(H2,17,18,19);1H. The molecule has 0 aromatic rings. The Labute approximate surface area is 153 Å². The lowest BCUT2D eigenvalue weighted by Crippen LogP contribution is -2.45. The maximum atomic E-state index is 5.29. The minimum atomic E-state index is 0. The van der Waals surface area contributed by atoms with Crippen LogP contribution in [-0.2, 0) is 4.74 Å². The fourth-order valence-corrected chi connectivity index (χ4v) is 2.97. The van der Waals surface area contributed by atoms with Gasteiger partial charge in [-0.2, -0.15) is 0 Å². The van der Waals surface area contributed by atoms with Crippen molar-refractivity contribution in [1.29, 1.82) is 0 Å². The normalized spacial score (nSPS) is 17.4. The van der Waals surface area contributed by atoms with E-state index in [4.69, 9.17) is 4.74 Å². The summed E-state index contributed by atoms with van der Waals surface area (Å²) in [5.74, 6) is 0.920. The molecule has 1 fully saturated rings. The number of hydrogen-bond acceptors (Lipinski definition) is 3. The molecule has 0 unspecified atom stereocenters. The number of halogens is 1. The predicted octanol–water partition coefficient (Wildman–Crippen LogP) is 2.32. The first-order valence-electron chi connectivity index (χ1n) is 8.28. The van der Waals surface area contributed by atoms with Gasteiger partial charge in [0.1, 0.15) is 0 Å². The first kappa shape index (κ1) is 21.9.